The van der Waals surface area contributed by atoms with Crippen LogP contribution in [0.25, 0.3) is 22.5 Å². The molecule has 0 atom stereocenters. The van der Waals surface area contributed by atoms with Crippen molar-refractivity contribution in [3.05, 3.63) is 144 Å². The van der Waals surface area contributed by atoms with Gasteiger partial charge in [-0.25, -0.2) is 17.6 Å². The van der Waals surface area contributed by atoms with Gasteiger partial charge in [-0.15, -0.1) is 0 Å². The Morgan fingerprint density at radius 2 is 0.939 bits per heavy atom. The van der Waals surface area contributed by atoms with Crippen molar-refractivity contribution in [1.82, 2.24) is 29.5 Å². The summed E-state index contributed by atoms with van der Waals surface area (Å²) in [5.74, 6) is -2.34. The molecule has 0 N–H and O–H groups in total. The number of pyridine rings is 2. The van der Waals surface area contributed by atoms with E-state index >= 15 is 0 Å². The van der Waals surface area contributed by atoms with Crippen molar-refractivity contribution >= 4 is 7.81 Å². The average Bonchev–Trinajstić information content (AvgIpc) is 3.67. The van der Waals surface area contributed by atoms with Crippen LogP contribution >= 0.6 is 7.81 Å². The fourth-order valence-electron chi connectivity index (χ4n) is 3.68. The smallest absolute Gasteiger partial charge is 0.251 e. The minimum absolute atomic E-state index is 0. The number of halogens is 10. The van der Waals surface area contributed by atoms with E-state index in [1.54, 1.807) is 36.9 Å². The topological polar surface area (TPSA) is 61.4 Å². The maximum Gasteiger partial charge on any atom is 1.00 e. The number of hydrogen-bond donors (Lipinski definition) is 0. The second kappa shape index (κ2) is 16.3. The molecular weight excluding hydrogens is 870 g/mol. The van der Waals surface area contributed by atoms with Crippen LogP contribution in [0, 0.1) is 37.1 Å². The number of rotatable bonds is 4. The van der Waals surface area contributed by atoms with Crippen LogP contribution < -0.4 is 0 Å². The van der Waals surface area contributed by atoms with Crippen LogP contribution in [0.4, 0.5) is 42.7 Å². The summed E-state index contributed by atoms with van der Waals surface area (Å²) in [5, 5.41) is 8.09. The molecule has 4 heterocycles. The molecule has 2 aromatic carbocycles. The van der Waals surface area contributed by atoms with E-state index in [0.29, 0.717) is 29.2 Å². The van der Waals surface area contributed by atoms with Crippen molar-refractivity contribution in [2.75, 3.05) is 0 Å². The van der Waals surface area contributed by atoms with Crippen LogP contribution in [0.15, 0.2) is 110 Å². The zero-order valence-corrected chi connectivity index (χ0v) is 28.6. The van der Waals surface area contributed by atoms with Crippen molar-refractivity contribution in [1.29, 1.82) is 0 Å². The van der Waals surface area contributed by atoms with Gasteiger partial charge in [-0.1, -0.05) is 0 Å². The Bertz CT molecular complexity index is 1790. The fraction of sp³-hybridized carbons (Fsp3) is 0.0968. The first-order valence-corrected chi connectivity index (χ1v) is 15.5. The van der Waals surface area contributed by atoms with Gasteiger partial charge in [0.2, 0.25) is 0 Å². The van der Waals surface area contributed by atoms with Crippen molar-refractivity contribution in [3.8, 4) is 22.5 Å². The van der Waals surface area contributed by atoms with E-state index < -0.39 is 31.1 Å². The molecule has 49 heavy (non-hydrogen) atoms. The molecule has 0 saturated carbocycles. The van der Waals surface area contributed by atoms with Gasteiger partial charge in [0.1, 0.15) is 29.9 Å². The molecule has 0 saturated heterocycles. The molecule has 265 valence electrons. The van der Waals surface area contributed by atoms with Crippen molar-refractivity contribution in [2.45, 2.75) is 20.5 Å². The normalized spacial score (nSPS) is 11.9. The third-order valence-corrected chi connectivity index (χ3v) is 5.65. The molecule has 6 nitrogen and oxygen atoms in total. The SMILES string of the molecule is Cc1ccnc(-c2ccc(F)cc2F)c1.Cc1ccnc(-c2ccc(F)cc2F)c1.F[P-](F)(F)(F)(F)F.[H+].[Ir].c1cnn(Cn2cccn2)c1. The largest absolute Gasteiger partial charge is 1.00 e. The molecule has 0 spiro atoms. The Balaban J connectivity index is 0.000000340. The Hall–Kier alpha value is -4.46. The van der Waals surface area contributed by atoms with Gasteiger partial charge >= 0.3 is 34.4 Å². The monoisotopic (exact) mass is 897 g/mol. The molecule has 6 aromatic rings. The molecule has 18 heteroatoms. The van der Waals surface area contributed by atoms with Crippen molar-refractivity contribution < 1.29 is 64.3 Å². The van der Waals surface area contributed by atoms with Gasteiger partial charge < -0.3 is 0 Å². The third kappa shape index (κ3) is 16.5. The Kier molecular flexibility index (Phi) is 13.5. The molecule has 6 rings (SSSR count). The van der Waals surface area contributed by atoms with E-state index in [9.17, 15) is 42.7 Å². The predicted molar refractivity (Wildman–Crippen MR) is 163 cm³/mol. The van der Waals surface area contributed by atoms with E-state index in [1.165, 1.54) is 24.3 Å². The van der Waals surface area contributed by atoms with E-state index in [4.69, 9.17) is 0 Å². The van der Waals surface area contributed by atoms with Crippen LogP contribution in [0.1, 0.15) is 12.6 Å². The van der Waals surface area contributed by atoms with Gasteiger partial charge in [0.15, 0.2) is 0 Å². The van der Waals surface area contributed by atoms with E-state index in [1.807, 2.05) is 59.9 Å². The molecule has 0 aliphatic carbocycles. The van der Waals surface area contributed by atoms with Gasteiger partial charge in [-0.3, -0.25) is 19.3 Å². The standard InChI is InChI=1S/2C12H9F2N.C7H8N4.F6P.Ir/c2*1-8-4-5-15-12(6-8)10-3-2-9(13)7-11(10)14;1-3-8-10(5-1)7-11-6-2-4-9-11;1-7(2,3,4,5)6;/h2*2-7H,1H3;1-6H,7H2;;/q;;;-1;/p+1. The summed E-state index contributed by atoms with van der Waals surface area (Å²) >= 11 is 0. The van der Waals surface area contributed by atoms with Gasteiger partial charge in [-0.05, 0) is 85.6 Å². The minimum Gasteiger partial charge on any atom is -0.251 e. The summed E-state index contributed by atoms with van der Waals surface area (Å²) in [4.78, 5) is 8.08. The number of benzene rings is 2. The zero-order chi connectivity index (χ0) is 35.6. The van der Waals surface area contributed by atoms with Crippen LogP contribution in [0.3, 0.4) is 0 Å². The molecule has 0 amide bonds. The second-order valence-corrected chi connectivity index (χ2v) is 11.8. The molecule has 0 aliphatic rings. The Labute approximate surface area is 288 Å². The zero-order valence-electron chi connectivity index (χ0n) is 26.3. The van der Waals surface area contributed by atoms with Crippen LogP contribution in [0.2, 0.25) is 0 Å². The Morgan fingerprint density at radius 1 is 0.571 bits per heavy atom. The molecule has 0 unspecified atom stereocenters. The number of aromatic nitrogens is 6. The van der Waals surface area contributed by atoms with Gasteiger partial charge in [0, 0.05) is 80.5 Å². The summed E-state index contributed by atoms with van der Waals surface area (Å²) < 4.78 is 115. The summed E-state index contributed by atoms with van der Waals surface area (Å²) in [6, 6.07) is 17.9. The second-order valence-electron chi connectivity index (χ2n) is 9.88. The third-order valence-electron chi connectivity index (χ3n) is 5.65. The summed E-state index contributed by atoms with van der Waals surface area (Å²) in [7, 11) is -10.7. The first-order chi connectivity index (χ1) is 22.2. The van der Waals surface area contributed by atoms with E-state index in [-0.39, 0.29) is 21.5 Å². The van der Waals surface area contributed by atoms with Crippen LogP contribution in [0.5, 0.6) is 0 Å². The van der Waals surface area contributed by atoms with Gasteiger partial charge in [-0.2, -0.15) is 10.2 Å². The summed E-state index contributed by atoms with van der Waals surface area (Å²) in [5.41, 5.74) is 3.66. The minimum atomic E-state index is -10.7. The maximum absolute atomic E-state index is 13.4. The van der Waals surface area contributed by atoms with Gasteiger partial charge in [0.05, 0.1) is 11.4 Å². The molecule has 4 aromatic heterocycles. The summed E-state index contributed by atoms with van der Waals surface area (Å²) in [6.07, 6.45) is 10.5. The van der Waals surface area contributed by atoms with E-state index in [0.717, 1.165) is 23.3 Å². The molecule has 0 bridgehead atoms. The number of aryl methyl sites for hydroxylation is 2. The average molecular weight is 897 g/mol. The molecule has 0 aliphatic heterocycles. The fourth-order valence-corrected chi connectivity index (χ4v) is 3.68. The van der Waals surface area contributed by atoms with Crippen LogP contribution in [-0.4, -0.2) is 29.5 Å². The first kappa shape index (κ1) is 40.7. The quantitative estimate of drug-likeness (QED) is 0.131. The first-order valence-electron chi connectivity index (χ1n) is 13.5. The summed E-state index contributed by atoms with van der Waals surface area (Å²) in [6.45, 7) is 4.47. The Morgan fingerprint density at radius 3 is 1.22 bits per heavy atom. The maximum atomic E-state index is 13.4. The van der Waals surface area contributed by atoms with Crippen molar-refractivity contribution in [2.24, 2.45) is 0 Å². The predicted octanol–water partition coefficient (Wildman–Crippen LogP) is 10.7. The number of hydrogen-bond acceptors (Lipinski definition) is 4. The van der Waals surface area contributed by atoms with E-state index in [2.05, 4.69) is 20.2 Å². The number of nitrogens with zero attached hydrogens (tertiary/aromatic N) is 6. The van der Waals surface area contributed by atoms with Gasteiger partial charge in [0.25, 0.3) is 0 Å². The van der Waals surface area contributed by atoms with Crippen LogP contribution in [-0.2, 0) is 26.8 Å². The molecule has 1 radical (unpaired) electrons. The van der Waals surface area contributed by atoms with Crippen molar-refractivity contribution in [3.63, 3.8) is 0 Å². The molecule has 0 fully saturated rings. The molecular formula is C31H27F10IrN6P.